The van der Waals surface area contributed by atoms with E-state index in [-0.39, 0.29) is 36.3 Å². The number of nitrogens with two attached hydrogens (primary N) is 2. The fourth-order valence-corrected chi connectivity index (χ4v) is 4.99. The third-order valence-corrected chi connectivity index (χ3v) is 7.23. The zero-order valence-corrected chi connectivity index (χ0v) is 25.7. The molecule has 0 spiro atoms. The topological polar surface area (TPSA) is 106 Å². The first-order valence-electron chi connectivity index (χ1n) is 12.3. The summed E-state index contributed by atoms with van der Waals surface area (Å²) in [6, 6.07) is 14.3. The highest BCUT2D eigenvalue weighted by atomic mass is 35.5. The van der Waals surface area contributed by atoms with Crippen LogP contribution in [0, 0.1) is 12.7 Å². The molecule has 0 radical (unpaired) electrons. The van der Waals surface area contributed by atoms with Crippen LogP contribution >= 0.6 is 37.3 Å². The van der Waals surface area contributed by atoms with E-state index < -0.39 is 24.3 Å². The minimum atomic E-state index is -4.67. The molecule has 1 heterocycles. The Morgan fingerprint density at radius 2 is 1.77 bits per heavy atom. The van der Waals surface area contributed by atoms with E-state index in [9.17, 15) is 18.3 Å². The molecule has 1 aromatic heterocycles. The van der Waals surface area contributed by atoms with Crippen LogP contribution in [-0.4, -0.2) is 28.8 Å². The number of imidazole rings is 1. The van der Waals surface area contributed by atoms with Gasteiger partial charge in [-0.15, -0.1) is 0 Å². The Morgan fingerprint density at radius 3 is 2.33 bits per heavy atom. The normalized spacial score (nSPS) is 11.8. The average molecular weight is 657 g/mol. The summed E-state index contributed by atoms with van der Waals surface area (Å²) in [6.07, 6.45) is -2.54. The van der Waals surface area contributed by atoms with Gasteiger partial charge in [0.2, 0.25) is 0 Å². The van der Waals surface area contributed by atoms with E-state index in [2.05, 4.69) is 4.98 Å². The lowest BCUT2D eigenvalue weighted by Gasteiger charge is -2.26. The summed E-state index contributed by atoms with van der Waals surface area (Å²) in [5, 5.41) is 11.5. The third kappa shape index (κ3) is 7.22. The molecular formula is C28H29ClF4N6O2S2. The second-order valence-corrected chi connectivity index (χ2v) is 10.5. The first kappa shape index (κ1) is 34.1. The number of aliphatic hydroxyl groups is 1. The third-order valence-electron chi connectivity index (χ3n) is 6.41. The maximum Gasteiger partial charge on any atom is 0.434 e. The molecule has 0 aliphatic carbocycles. The van der Waals surface area contributed by atoms with Gasteiger partial charge in [-0.25, -0.2) is 15.2 Å². The van der Waals surface area contributed by atoms with Crippen LogP contribution in [0.1, 0.15) is 22.6 Å². The summed E-state index contributed by atoms with van der Waals surface area (Å²) in [5.74, 6) is 6.01. The minimum absolute atomic E-state index is 0. The molecule has 0 saturated heterocycles. The summed E-state index contributed by atoms with van der Waals surface area (Å²) in [7, 11) is 3.10. The Labute approximate surface area is 262 Å². The van der Waals surface area contributed by atoms with Crippen LogP contribution in [0.4, 0.5) is 28.9 Å². The summed E-state index contributed by atoms with van der Waals surface area (Å²) in [6.45, 7) is 0.884. The molecule has 230 valence electrons. The molecule has 4 aromatic rings. The fourth-order valence-electron chi connectivity index (χ4n) is 4.40. The maximum atomic E-state index is 15.2. The van der Waals surface area contributed by atoms with E-state index in [1.54, 1.807) is 59.9 Å². The molecule has 0 unspecified atom stereocenters. The molecular weight excluding hydrogens is 628 g/mol. The number of rotatable bonds is 9. The van der Waals surface area contributed by atoms with Crippen molar-refractivity contribution in [2.45, 2.75) is 19.7 Å². The SMILES string of the molecule is COSN(C)c1cc(-c2ccc(-n3cc(C(F)(F)F)nc3C)c(N(N)/C(=C\N)c3ccc(Cl)cc3)c2)cc(F)c1CO.S. The molecule has 4 rings (SSSR count). The van der Waals surface area contributed by atoms with Crippen molar-refractivity contribution >= 4 is 54.4 Å². The molecule has 5 N–H and O–H groups in total. The van der Waals surface area contributed by atoms with Crippen LogP contribution < -0.4 is 20.9 Å². The molecule has 0 bridgehead atoms. The van der Waals surface area contributed by atoms with Crippen LogP contribution in [0.5, 0.6) is 0 Å². The molecule has 0 fully saturated rings. The van der Waals surface area contributed by atoms with Gasteiger partial charge in [-0.05, 0) is 54.4 Å². The Kier molecular flexibility index (Phi) is 11.0. The second-order valence-electron chi connectivity index (χ2n) is 9.03. The van der Waals surface area contributed by atoms with Crippen LogP contribution in [0.2, 0.25) is 5.02 Å². The zero-order chi connectivity index (χ0) is 30.8. The Balaban J connectivity index is 0.00000506. The zero-order valence-electron chi connectivity index (χ0n) is 23.2. The number of anilines is 2. The van der Waals surface area contributed by atoms with Gasteiger partial charge in [-0.3, -0.25) is 9.31 Å². The summed E-state index contributed by atoms with van der Waals surface area (Å²) >= 11 is 6.98. The van der Waals surface area contributed by atoms with E-state index in [0.717, 1.165) is 18.4 Å². The summed E-state index contributed by atoms with van der Waals surface area (Å²) < 4.78 is 63.6. The van der Waals surface area contributed by atoms with Crippen LogP contribution in [-0.2, 0) is 17.0 Å². The fraction of sp³-hybridized carbons (Fsp3) is 0.179. The van der Waals surface area contributed by atoms with E-state index in [1.807, 2.05) is 0 Å². The van der Waals surface area contributed by atoms with E-state index in [0.29, 0.717) is 33.1 Å². The number of alkyl halides is 3. The highest BCUT2D eigenvalue weighted by molar-refractivity contribution is 7.96. The van der Waals surface area contributed by atoms with Gasteiger partial charge >= 0.3 is 6.18 Å². The van der Waals surface area contributed by atoms with Crippen molar-refractivity contribution in [1.82, 2.24) is 9.55 Å². The van der Waals surface area contributed by atoms with Crippen LogP contribution in [0.25, 0.3) is 22.5 Å². The summed E-state index contributed by atoms with van der Waals surface area (Å²) in [4.78, 5) is 3.68. The van der Waals surface area contributed by atoms with Gasteiger partial charge in [0, 0.05) is 35.6 Å². The number of aliphatic hydroxyl groups excluding tert-OH is 1. The van der Waals surface area contributed by atoms with Crippen molar-refractivity contribution in [2.24, 2.45) is 11.6 Å². The van der Waals surface area contributed by atoms with Gasteiger partial charge in [0.15, 0.2) is 5.69 Å². The molecule has 0 aliphatic rings. The number of aryl methyl sites for hydroxylation is 1. The summed E-state index contributed by atoms with van der Waals surface area (Å²) in [5.41, 5.74) is 7.60. The Hall–Kier alpha value is -3.40. The number of aromatic nitrogens is 2. The molecule has 15 heteroatoms. The van der Waals surface area contributed by atoms with Crippen molar-refractivity contribution in [3.05, 3.63) is 100 Å². The predicted octanol–water partition coefficient (Wildman–Crippen LogP) is 6.55. The Bertz CT molecular complexity index is 1620. The van der Waals surface area contributed by atoms with Crippen molar-refractivity contribution in [3.8, 4) is 16.8 Å². The molecule has 0 atom stereocenters. The quantitative estimate of drug-likeness (QED) is 0.0613. The van der Waals surface area contributed by atoms with E-state index >= 15 is 4.39 Å². The lowest BCUT2D eigenvalue weighted by Crippen LogP contribution is -2.31. The number of hydrogen-bond acceptors (Lipinski definition) is 8. The highest BCUT2D eigenvalue weighted by Crippen LogP contribution is 2.38. The number of hydrazine groups is 1. The van der Waals surface area contributed by atoms with E-state index in [4.69, 9.17) is 27.4 Å². The molecule has 0 amide bonds. The number of hydrogen-bond donors (Lipinski definition) is 3. The van der Waals surface area contributed by atoms with Crippen molar-refractivity contribution < 1.29 is 26.9 Å². The predicted molar refractivity (Wildman–Crippen MR) is 168 cm³/mol. The van der Waals surface area contributed by atoms with Gasteiger partial charge in [0.1, 0.15) is 23.9 Å². The lowest BCUT2D eigenvalue weighted by molar-refractivity contribution is -0.141. The van der Waals surface area contributed by atoms with Gasteiger partial charge in [0.25, 0.3) is 0 Å². The smallest absolute Gasteiger partial charge is 0.403 e. The average Bonchev–Trinajstić information content (AvgIpc) is 3.35. The number of benzene rings is 3. The van der Waals surface area contributed by atoms with Gasteiger partial charge in [-0.1, -0.05) is 29.8 Å². The molecule has 0 saturated carbocycles. The number of halogens is 5. The van der Waals surface area contributed by atoms with E-state index in [1.165, 1.54) is 35.9 Å². The molecule has 3 aromatic carbocycles. The molecule has 0 aliphatic heterocycles. The first-order chi connectivity index (χ1) is 19.9. The second kappa shape index (κ2) is 13.9. The van der Waals surface area contributed by atoms with Gasteiger partial charge < -0.3 is 19.6 Å². The minimum Gasteiger partial charge on any atom is -0.403 e. The van der Waals surface area contributed by atoms with Gasteiger partial charge in [0.05, 0.1) is 36.5 Å². The largest absolute Gasteiger partial charge is 0.434 e. The monoisotopic (exact) mass is 656 g/mol. The van der Waals surface area contributed by atoms with Crippen molar-refractivity contribution in [3.63, 3.8) is 0 Å². The van der Waals surface area contributed by atoms with Crippen molar-refractivity contribution in [2.75, 3.05) is 23.5 Å². The number of nitrogens with zero attached hydrogens (tertiary/aromatic N) is 4. The Morgan fingerprint density at radius 1 is 1.12 bits per heavy atom. The van der Waals surface area contributed by atoms with Crippen LogP contribution in [0.15, 0.2) is 67.0 Å². The van der Waals surface area contributed by atoms with Crippen LogP contribution in [0.3, 0.4) is 0 Å². The first-order valence-corrected chi connectivity index (χ1v) is 13.4. The van der Waals surface area contributed by atoms with Gasteiger partial charge in [-0.2, -0.15) is 26.7 Å². The maximum absolute atomic E-state index is 15.2. The van der Waals surface area contributed by atoms with Crippen molar-refractivity contribution in [1.29, 1.82) is 0 Å². The lowest BCUT2D eigenvalue weighted by atomic mass is 10.00. The molecule has 43 heavy (non-hydrogen) atoms. The standard InChI is InChI=1S/C28H27ClF4N6O2S.H2S/c1-16-36-27(28(31,32)33)14-38(16)23-9-6-18(19-10-22(30)21(15-40)24(12-19)37(2)42-41-3)11-25(23)39(35)26(13-34)17-4-7-20(29)8-5-17;/h4-14,40H,15,34-35H2,1-3H3;1H2/b26-13-;. The molecule has 8 nitrogen and oxygen atoms in total. The highest BCUT2D eigenvalue weighted by Gasteiger charge is 2.35.